The van der Waals surface area contributed by atoms with Crippen molar-refractivity contribution in [2.45, 2.75) is 199 Å². The summed E-state index contributed by atoms with van der Waals surface area (Å²) in [4.78, 5) is 30.6. The molecular weight excluding hydrogens is 586 g/mol. The number of nitrogens with one attached hydrogen (secondary N) is 2. The summed E-state index contributed by atoms with van der Waals surface area (Å²) in [6.45, 7) is 7.40. The standard InChI is InChI=1S/C38H79N7O2/c1-3-5-7-9-11-13-15-16-18-20-22-26-33-45(32-25-21-19-17-14-12-10-8-6-4-2)37(47)35(40)28-23-24-30-43-36(46)34(39)29-27-31-44-38(41)42/h34-35H,3-33,39-40H2,1-2H3,(H,43,46)(H4,41,42,44)/p+2. The molecule has 0 aromatic rings. The van der Waals surface area contributed by atoms with Crippen LogP contribution in [0.1, 0.15) is 187 Å². The molecule has 2 amide bonds. The Kier molecular flexibility index (Phi) is 32.7. The van der Waals surface area contributed by atoms with Crippen LogP contribution < -0.4 is 33.2 Å². The summed E-state index contributed by atoms with van der Waals surface area (Å²) in [5, 5.41) is 2.97. The quantitative estimate of drug-likeness (QED) is 0.0324. The second-order valence-corrected chi connectivity index (χ2v) is 14.0. The lowest BCUT2D eigenvalue weighted by molar-refractivity contribution is -0.463. The van der Waals surface area contributed by atoms with Crippen LogP contribution in [0.3, 0.4) is 0 Å². The number of amides is 2. The molecule has 0 bridgehead atoms. The Morgan fingerprint density at radius 2 is 1.04 bits per heavy atom. The molecule has 2 unspecified atom stereocenters. The second-order valence-electron chi connectivity index (χ2n) is 14.0. The number of nitrogens with two attached hydrogens (primary N) is 3. The minimum absolute atomic E-state index is 0.0415. The molecule has 0 saturated carbocycles. The van der Waals surface area contributed by atoms with E-state index >= 15 is 0 Å². The van der Waals surface area contributed by atoms with Gasteiger partial charge in [-0.2, -0.15) is 0 Å². The van der Waals surface area contributed by atoms with E-state index in [4.69, 9.17) is 17.2 Å². The van der Waals surface area contributed by atoms with Crippen LogP contribution in [-0.2, 0) is 9.59 Å². The van der Waals surface area contributed by atoms with Crippen LogP contribution in [0.2, 0.25) is 0 Å². The highest BCUT2D eigenvalue weighted by Gasteiger charge is 2.21. The molecule has 0 radical (unpaired) electrons. The average molecular weight is 668 g/mol. The van der Waals surface area contributed by atoms with E-state index in [1.807, 2.05) is 0 Å². The third-order valence-corrected chi connectivity index (χ3v) is 9.36. The van der Waals surface area contributed by atoms with Crippen molar-refractivity contribution in [2.75, 3.05) is 26.2 Å². The molecule has 9 nitrogen and oxygen atoms in total. The van der Waals surface area contributed by atoms with Crippen LogP contribution in [0.15, 0.2) is 0 Å². The fourth-order valence-electron chi connectivity index (χ4n) is 6.18. The Bertz CT molecular complexity index is 746. The smallest absolute Gasteiger partial charge is 0.338 e. The number of guanidine groups is 1. The summed E-state index contributed by atoms with van der Waals surface area (Å²) < 4.78 is 0. The molecule has 0 aliphatic carbocycles. The molecule has 11 N–H and O–H groups in total. The van der Waals surface area contributed by atoms with Crippen molar-refractivity contribution in [3.05, 3.63) is 0 Å². The molecule has 0 heterocycles. The van der Waals surface area contributed by atoms with Gasteiger partial charge in [-0.1, -0.05) is 142 Å². The molecule has 9 heteroatoms. The fourth-order valence-corrected chi connectivity index (χ4v) is 6.18. The summed E-state index contributed by atoms with van der Waals surface area (Å²) in [6, 6.07) is -0.773. The third-order valence-electron chi connectivity index (χ3n) is 9.36. The minimum atomic E-state index is -0.467. The van der Waals surface area contributed by atoms with Gasteiger partial charge in [-0.25, -0.2) is 0 Å². The lowest BCUT2D eigenvalue weighted by atomic mass is 10.0. The second kappa shape index (κ2) is 34.0. The SMILES string of the molecule is CCCCCCCCCCCCCCN(CCCCCCCCCCCC)C(=O)C(N)CCCCNC(=O)C([NH3+])CCC[NH+]=C(N)N. The normalized spacial score (nSPS) is 12.5. The number of rotatable bonds is 35. The summed E-state index contributed by atoms with van der Waals surface area (Å²) >= 11 is 0. The van der Waals surface area contributed by atoms with Gasteiger partial charge < -0.3 is 21.7 Å². The molecule has 2 atom stereocenters. The Morgan fingerprint density at radius 1 is 0.617 bits per heavy atom. The Hall–Kier alpha value is -1.87. The van der Waals surface area contributed by atoms with Crippen molar-refractivity contribution in [1.82, 2.24) is 10.2 Å². The first-order chi connectivity index (χ1) is 22.8. The first-order valence-electron chi connectivity index (χ1n) is 20.1. The predicted octanol–water partition coefficient (Wildman–Crippen LogP) is 4.80. The van der Waals surface area contributed by atoms with E-state index in [-0.39, 0.29) is 23.8 Å². The summed E-state index contributed by atoms with van der Waals surface area (Å²) in [5.74, 6) is 0.257. The lowest BCUT2D eigenvalue weighted by Crippen LogP contribution is -2.78. The maximum atomic E-state index is 13.4. The molecule has 0 saturated heterocycles. The molecule has 0 aliphatic rings. The third kappa shape index (κ3) is 30.0. The van der Waals surface area contributed by atoms with Crippen molar-refractivity contribution in [1.29, 1.82) is 0 Å². The van der Waals surface area contributed by atoms with Crippen molar-refractivity contribution < 1.29 is 20.3 Å². The Morgan fingerprint density at radius 3 is 1.47 bits per heavy atom. The highest BCUT2D eigenvalue weighted by atomic mass is 16.2. The average Bonchev–Trinajstić information content (AvgIpc) is 3.06. The van der Waals surface area contributed by atoms with Crippen LogP contribution in [0, 0.1) is 0 Å². The highest BCUT2D eigenvalue weighted by Crippen LogP contribution is 2.14. The fraction of sp³-hybridized carbons (Fsp3) is 0.921. The molecule has 0 fully saturated rings. The van der Waals surface area contributed by atoms with E-state index in [1.165, 1.54) is 128 Å². The van der Waals surface area contributed by atoms with E-state index in [2.05, 4.69) is 34.8 Å². The van der Waals surface area contributed by atoms with Gasteiger partial charge in [0.15, 0.2) is 6.04 Å². The molecule has 0 aromatic carbocycles. The monoisotopic (exact) mass is 668 g/mol. The van der Waals surface area contributed by atoms with Crippen LogP contribution >= 0.6 is 0 Å². The minimum Gasteiger partial charge on any atom is -0.351 e. The highest BCUT2D eigenvalue weighted by molar-refractivity contribution is 5.81. The summed E-state index contributed by atoms with van der Waals surface area (Å²) in [5.41, 5.74) is 21.2. The number of quaternary nitrogens is 1. The van der Waals surface area contributed by atoms with Gasteiger partial charge in [-0.3, -0.25) is 26.0 Å². The van der Waals surface area contributed by atoms with Gasteiger partial charge in [0.2, 0.25) is 5.91 Å². The van der Waals surface area contributed by atoms with Crippen molar-refractivity contribution in [3.8, 4) is 0 Å². The van der Waals surface area contributed by atoms with E-state index in [0.29, 0.717) is 25.9 Å². The van der Waals surface area contributed by atoms with Crippen LogP contribution in [-0.4, -0.2) is 60.9 Å². The zero-order chi connectivity index (χ0) is 34.8. The first kappa shape index (κ1) is 45.1. The number of hydrogen-bond donors (Lipinski definition) is 6. The van der Waals surface area contributed by atoms with E-state index in [9.17, 15) is 9.59 Å². The maximum Gasteiger partial charge on any atom is 0.338 e. The van der Waals surface area contributed by atoms with E-state index in [1.54, 1.807) is 0 Å². The molecular formula is C38H81N7O2+2. The zero-order valence-electron chi connectivity index (χ0n) is 31.3. The van der Waals surface area contributed by atoms with Crippen molar-refractivity contribution >= 4 is 17.8 Å². The number of carbonyl (C=O) groups is 2. The van der Waals surface area contributed by atoms with Gasteiger partial charge in [0, 0.05) is 26.1 Å². The van der Waals surface area contributed by atoms with Crippen molar-refractivity contribution in [3.63, 3.8) is 0 Å². The largest absolute Gasteiger partial charge is 0.351 e. The van der Waals surface area contributed by atoms with Crippen molar-refractivity contribution in [2.24, 2.45) is 17.2 Å². The number of nitrogens with zero attached hydrogens (tertiary/aromatic N) is 1. The van der Waals surface area contributed by atoms with Gasteiger partial charge in [0.05, 0.1) is 12.6 Å². The molecule has 0 aliphatic heterocycles. The number of carbonyl (C=O) groups excluding carboxylic acids is 2. The molecule has 278 valence electrons. The molecule has 47 heavy (non-hydrogen) atoms. The lowest BCUT2D eigenvalue weighted by Gasteiger charge is -2.26. The van der Waals surface area contributed by atoms with Gasteiger partial charge >= 0.3 is 5.96 Å². The molecule has 0 aromatic heterocycles. The van der Waals surface area contributed by atoms with Crippen LogP contribution in [0.5, 0.6) is 0 Å². The van der Waals surface area contributed by atoms with Gasteiger partial charge in [-0.15, -0.1) is 0 Å². The number of hydrogen-bond acceptors (Lipinski definition) is 3. The number of unbranched alkanes of at least 4 members (excludes halogenated alkanes) is 21. The Balaban J connectivity index is 4.40. The van der Waals surface area contributed by atoms with Crippen LogP contribution in [0.25, 0.3) is 0 Å². The van der Waals surface area contributed by atoms with Gasteiger partial charge in [0.25, 0.3) is 5.91 Å². The first-order valence-corrected chi connectivity index (χ1v) is 20.1. The maximum absolute atomic E-state index is 13.4. The summed E-state index contributed by atoms with van der Waals surface area (Å²) in [7, 11) is 0. The van der Waals surface area contributed by atoms with E-state index < -0.39 is 6.04 Å². The molecule has 0 rings (SSSR count). The zero-order valence-corrected chi connectivity index (χ0v) is 31.3. The predicted molar refractivity (Wildman–Crippen MR) is 199 cm³/mol. The Labute approximate surface area is 290 Å². The molecule has 0 spiro atoms. The van der Waals surface area contributed by atoms with Gasteiger partial charge in [0.1, 0.15) is 0 Å². The van der Waals surface area contributed by atoms with Crippen LogP contribution in [0.4, 0.5) is 0 Å². The van der Waals surface area contributed by atoms with E-state index in [0.717, 1.165) is 45.2 Å². The topological polar surface area (TPSA) is 169 Å². The van der Waals surface area contributed by atoms with Gasteiger partial charge in [-0.05, 0) is 38.5 Å². The summed E-state index contributed by atoms with van der Waals surface area (Å²) in [6.07, 6.45) is 32.5.